The average Bonchev–Trinajstić information content (AvgIpc) is 2.39. The standard InChI is InChI=1S/C12H22N2O5/c1-19-8-12(3-6-13-7-4-12)11(18)14-5-2-9(15)10(16)17/h9,13,15H,2-8H2,1H3,(H,14,18)(H,16,17). The third-order valence-corrected chi connectivity index (χ3v) is 3.45. The minimum absolute atomic E-state index is 0.00237. The summed E-state index contributed by atoms with van der Waals surface area (Å²) in [6, 6.07) is 0. The topological polar surface area (TPSA) is 108 Å². The number of aliphatic hydroxyl groups excluding tert-OH is 1. The van der Waals surface area contributed by atoms with Gasteiger partial charge in [-0.05, 0) is 25.9 Å². The van der Waals surface area contributed by atoms with Crippen molar-refractivity contribution in [2.75, 3.05) is 33.4 Å². The first-order chi connectivity index (χ1) is 9.02. The largest absolute Gasteiger partial charge is 0.479 e. The number of carboxylic acids is 1. The highest BCUT2D eigenvalue weighted by Gasteiger charge is 2.39. The lowest BCUT2D eigenvalue weighted by molar-refractivity contribution is -0.147. The Balaban J connectivity index is 2.46. The molecule has 1 unspecified atom stereocenters. The Morgan fingerprint density at radius 1 is 1.42 bits per heavy atom. The fourth-order valence-electron chi connectivity index (χ4n) is 2.25. The average molecular weight is 274 g/mol. The van der Waals surface area contributed by atoms with E-state index in [2.05, 4.69) is 10.6 Å². The Labute approximate surface area is 112 Å². The summed E-state index contributed by atoms with van der Waals surface area (Å²) in [5.41, 5.74) is -0.547. The Kier molecular flexibility index (Phi) is 6.20. The molecule has 1 atom stereocenters. The number of hydrogen-bond acceptors (Lipinski definition) is 5. The number of carbonyl (C=O) groups is 2. The summed E-state index contributed by atoms with van der Waals surface area (Å²) in [6.07, 6.45) is -0.0586. The number of carboxylic acid groups (broad SMARTS) is 1. The highest BCUT2D eigenvalue weighted by molar-refractivity contribution is 5.83. The van der Waals surface area contributed by atoms with Crippen LogP contribution in [0.3, 0.4) is 0 Å². The van der Waals surface area contributed by atoms with Crippen LogP contribution in [0.15, 0.2) is 0 Å². The van der Waals surface area contributed by atoms with E-state index < -0.39 is 17.5 Å². The molecule has 7 nitrogen and oxygen atoms in total. The van der Waals surface area contributed by atoms with Gasteiger partial charge in [0.2, 0.25) is 5.91 Å². The van der Waals surface area contributed by atoms with Crippen LogP contribution in [0, 0.1) is 5.41 Å². The quantitative estimate of drug-likeness (QED) is 0.472. The van der Waals surface area contributed by atoms with E-state index in [0.29, 0.717) is 19.4 Å². The first-order valence-corrected chi connectivity index (χ1v) is 6.41. The molecule has 110 valence electrons. The minimum Gasteiger partial charge on any atom is -0.479 e. The van der Waals surface area contributed by atoms with Gasteiger partial charge in [0, 0.05) is 20.1 Å². The molecule has 0 bridgehead atoms. The molecular weight excluding hydrogens is 252 g/mol. The second-order valence-electron chi connectivity index (χ2n) is 4.86. The monoisotopic (exact) mass is 274 g/mol. The molecule has 1 rings (SSSR count). The van der Waals surface area contributed by atoms with Crippen molar-refractivity contribution in [3.8, 4) is 0 Å². The van der Waals surface area contributed by atoms with Crippen LogP contribution in [0.25, 0.3) is 0 Å². The van der Waals surface area contributed by atoms with Crippen molar-refractivity contribution in [3.05, 3.63) is 0 Å². The summed E-state index contributed by atoms with van der Waals surface area (Å²) in [5.74, 6) is -1.41. The lowest BCUT2D eigenvalue weighted by atomic mass is 9.78. The van der Waals surface area contributed by atoms with Gasteiger partial charge in [0.1, 0.15) is 0 Å². The van der Waals surface area contributed by atoms with E-state index in [-0.39, 0.29) is 18.9 Å². The molecule has 1 fully saturated rings. The molecule has 0 spiro atoms. The summed E-state index contributed by atoms with van der Waals surface area (Å²) in [5, 5.41) is 23.6. The van der Waals surface area contributed by atoms with Gasteiger partial charge < -0.3 is 25.6 Å². The SMILES string of the molecule is COCC1(C(=O)NCCC(O)C(=O)O)CCNCC1. The molecule has 1 heterocycles. The van der Waals surface area contributed by atoms with Gasteiger partial charge in [0.25, 0.3) is 0 Å². The summed E-state index contributed by atoms with van der Waals surface area (Å²) < 4.78 is 5.14. The normalized spacial score (nSPS) is 19.7. The van der Waals surface area contributed by atoms with Crippen molar-refractivity contribution in [1.29, 1.82) is 0 Å². The van der Waals surface area contributed by atoms with Gasteiger partial charge in [0.15, 0.2) is 6.10 Å². The van der Waals surface area contributed by atoms with Gasteiger partial charge in [-0.3, -0.25) is 4.79 Å². The molecule has 1 aliphatic rings. The van der Waals surface area contributed by atoms with E-state index in [9.17, 15) is 9.59 Å². The number of ether oxygens (including phenoxy) is 1. The van der Waals surface area contributed by atoms with Crippen molar-refractivity contribution in [2.45, 2.75) is 25.4 Å². The number of amides is 1. The number of nitrogens with one attached hydrogen (secondary N) is 2. The lowest BCUT2D eigenvalue weighted by Gasteiger charge is -2.35. The van der Waals surface area contributed by atoms with Crippen molar-refractivity contribution < 1.29 is 24.5 Å². The molecule has 1 amide bonds. The zero-order valence-corrected chi connectivity index (χ0v) is 11.1. The van der Waals surface area contributed by atoms with Gasteiger partial charge in [0.05, 0.1) is 12.0 Å². The number of rotatable bonds is 7. The Morgan fingerprint density at radius 2 is 2.05 bits per heavy atom. The molecular formula is C12H22N2O5. The predicted molar refractivity (Wildman–Crippen MR) is 67.7 cm³/mol. The van der Waals surface area contributed by atoms with Gasteiger partial charge in [-0.1, -0.05) is 0 Å². The fraction of sp³-hybridized carbons (Fsp3) is 0.833. The number of aliphatic hydroxyl groups is 1. The second-order valence-corrected chi connectivity index (χ2v) is 4.86. The highest BCUT2D eigenvalue weighted by atomic mass is 16.5. The van der Waals surface area contributed by atoms with Crippen molar-refractivity contribution >= 4 is 11.9 Å². The zero-order chi connectivity index (χ0) is 14.3. The van der Waals surface area contributed by atoms with Gasteiger partial charge in [-0.15, -0.1) is 0 Å². The van der Waals surface area contributed by atoms with Crippen LogP contribution < -0.4 is 10.6 Å². The lowest BCUT2D eigenvalue weighted by Crippen LogP contribution is -2.50. The first-order valence-electron chi connectivity index (χ1n) is 6.41. The van der Waals surface area contributed by atoms with Crippen LogP contribution in [0.1, 0.15) is 19.3 Å². The molecule has 0 aromatic rings. The molecule has 0 saturated carbocycles. The molecule has 7 heteroatoms. The highest BCUT2D eigenvalue weighted by Crippen LogP contribution is 2.29. The second kappa shape index (κ2) is 7.42. The number of carbonyl (C=O) groups excluding carboxylic acids is 1. The summed E-state index contributed by atoms with van der Waals surface area (Å²) in [6.45, 7) is 2.01. The van der Waals surface area contributed by atoms with Crippen molar-refractivity contribution in [1.82, 2.24) is 10.6 Å². The molecule has 0 aromatic carbocycles. The van der Waals surface area contributed by atoms with Crippen LogP contribution in [-0.2, 0) is 14.3 Å². The number of piperidine rings is 1. The van der Waals surface area contributed by atoms with E-state index in [4.69, 9.17) is 14.9 Å². The van der Waals surface area contributed by atoms with Gasteiger partial charge in [-0.25, -0.2) is 4.79 Å². The van der Waals surface area contributed by atoms with Gasteiger partial charge >= 0.3 is 5.97 Å². The number of methoxy groups -OCH3 is 1. The smallest absolute Gasteiger partial charge is 0.332 e. The summed E-state index contributed by atoms with van der Waals surface area (Å²) in [7, 11) is 1.56. The maximum atomic E-state index is 12.2. The zero-order valence-electron chi connectivity index (χ0n) is 11.1. The van der Waals surface area contributed by atoms with E-state index in [1.54, 1.807) is 7.11 Å². The van der Waals surface area contributed by atoms with E-state index in [1.165, 1.54) is 0 Å². The van der Waals surface area contributed by atoms with E-state index in [1.807, 2.05) is 0 Å². The third kappa shape index (κ3) is 4.45. The molecule has 1 aliphatic heterocycles. The Morgan fingerprint density at radius 3 is 2.58 bits per heavy atom. The molecule has 0 aromatic heterocycles. The van der Waals surface area contributed by atoms with E-state index in [0.717, 1.165) is 13.1 Å². The summed E-state index contributed by atoms with van der Waals surface area (Å²) >= 11 is 0. The van der Waals surface area contributed by atoms with Crippen molar-refractivity contribution in [3.63, 3.8) is 0 Å². The maximum Gasteiger partial charge on any atom is 0.332 e. The Hall–Kier alpha value is -1.18. The van der Waals surface area contributed by atoms with Crippen LogP contribution in [0.4, 0.5) is 0 Å². The molecule has 1 saturated heterocycles. The van der Waals surface area contributed by atoms with Crippen molar-refractivity contribution in [2.24, 2.45) is 5.41 Å². The number of aliphatic carboxylic acids is 1. The van der Waals surface area contributed by atoms with Gasteiger partial charge in [-0.2, -0.15) is 0 Å². The third-order valence-electron chi connectivity index (χ3n) is 3.45. The number of hydrogen-bond donors (Lipinski definition) is 4. The van der Waals surface area contributed by atoms with Crippen LogP contribution in [0.2, 0.25) is 0 Å². The van der Waals surface area contributed by atoms with Crippen LogP contribution >= 0.6 is 0 Å². The fourth-order valence-corrected chi connectivity index (χ4v) is 2.25. The predicted octanol–water partition coefficient (Wildman–Crippen LogP) is -1.05. The summed E-state index contributed by atoms with van der Waals surface area (Å²) in [4.78, 5) is 22.7. The molecule has 0 radical (unpaired) electrons. The van der Waals surface area contributed by atoms with Crippen LogP contribution in [-0.4, -0.2) is 61.5 Å². The van der Waals surface area contributed by atoms with Crippen LogP contribution in [0.5, 0.6) is 0 Å². The molecule has 19 heavy (non-hydrogen) atoms. The minimum atomic E-state index is -1.44. The van der Waals surface area contributed by atoms with E-state index >= 15 is 0 Å². The molecule has 0 aliphatic carbocycles. The first kappa shape index (κ1) is 15.9. The Bertz CT molecular complexity index is 310. The molecule has 4 N–H and O–H groups in total. The maximum absolute atomic E-state index is 12.2.